The Bertz CT molecular complexity index is 1060. The number of halogens is 1. The first-order chi connectivity index (χ1) is 12.6. The number of nitrogens with one attached hydrogen (secondary N) is 1. The predicted molar refractivity (Wildman–Crippen MR) is 94.7 cm³/mol. The van der Waals surface area contributed by atoms with E-state index in [4.69, 9.17) is 13.9 Å². The molecule has 4 aromatic rings. The molecule has 0 spiro atoms. The van der Waals surface area contributed by atoms with Gasteiger partial charge in [0.15, 0.2) is 11.2 Å². The van der Waals surface area contributed by atoms with E-state index in [0.717, 1.165) is 5.56 Å². The third-order valence-corrected chi connectivity index (χ3v) is 3.95. The molecule has 0 unspecified atom stereocenters. The van der Waals surface area contributed by atoms with Gasteiger partial charge in [-0.2, -0.15) is 9.97 Å². The maximum absolute atomic E-state index is 13.2. The van der Waals surface area contributed by atoms with Crippen LogP contribution in [0.5, 0.6) is 0 Å². The second-order valence-corrected chi connectivity index (χ2v) is 6.04. The van der Waals surface area contributed by atoms with Gasteiger partial charge in [0.05, 0.1) is 6.61 Å². The minimum absolute atomic E-state index is 0.116. The molecule has 4 rings (SSSR count). The summed E-state index contributed by atoms with van der Waals surface area (Å²) in [5.41, 5.74) is 3.27. The lowest BCUT2D eigenvalue weighted by atomic mass is 10.2. The van der Waals surface area contributed by atoms with E-state index in [0.29, 0.717) is 35.3 Å². The highest BCUT2D eigenvalue weighted by molar-refractivity contribution is 5.77. The number of aliphatic hydroxyl groups is 1. The van der Waals surface area contributed by atoms with Crippen LogP contribution in [0.2, 0.25) is 0 Å². The molecule has 0 fully saturated rings. The number of rotatable bonds is 6. The zero-order valence-electron chi connectivity index (χ0n) is 14.1. The first kappa shape index (κ1) is 16.5. The number of aromatic nitrogens is 2. The highest BCUT2D eigenvalue weighted by atomic mass is 19.1. The molecule has 2 aromatic heterocycles. The summed E-state index contributed by atoms with van der Waals surface area (Å²) in [7, 11) is 1.94. The van der Waals surface area contributed by atoms with Gasteiger partial charge >= 0.3 is 12.0 Å². The second-order valence-electron chi connectivity index (χ2n) is 6.04. The maximum Gasteiger partial charge on any atom is 0.303 e. The number of aliphatic hydroxyl groups excluding tert-OH is 1. The van der Waals surface area contributed by atoms with E-state index in [1.165, 1.54) is 18.2 Å². The van der Waals surface area contributed by atoms with Crippen molar-refractivity contribution in [1.82, 2.24) is 14.9 Å². The van der Waals surface area contributed by atoms with Crippen molar-refractivity contribution >= 4 is 34.2 Å². The third-order valence-electron chi connectivity index (χ3n) is 3.95. The normalized spacial score (nSPS) is 11.7. The molecule has 0 saturated heterocycles. The standard InChI is InChI=1S/C18H17FN4O3/c1-23(6-7-24)10-11-2-4-15-13(8-11)20-17(25-15)22-18-21-14-9-12(19)3-5-16(14)26-18/h2-5,8-9,24H,6-7,10H2,1H3,(H,20,21,22). The highest BCUT2D eigenvalue weighted by Gasteiger charge is 2.12. The minimum atomic E-state index is -0.377. The average Bonchev–Trinajstić information content (AvgIpc) is 3.17. The summed E-state index contributed by atoms with van der Waals surface area (Å²) in [4.78, 5) is 10.6. The quantitative estimate of drug-likeness (QED) is 0.548. The first-order valence-corrected chi connectivity index (χ1v) is 8.13. The van der Waals surface area contributed by atoms with Crippen molar-refractivity contribution in [3.63, 3.8) is 0 Å². The van der Waals surface area contributed by atoms with Gasteiger partial charge in [-0.15, -0.1) is 0 Å². The largest absolute Gasteiger partial charge is 0.423 e. The lowest BCUT2D eigenvalue weighted by molar-refractivity contribution is 0.217. The van der Waals surface area contributed by atoms with E-state index in [1.54, 1.807) is 0 Å². The van der Waals surface area contributed by atoms with Gasteiger partial charge in [0.2, 0.25) is 0 Å². The molecule has 0 saturated carbocycles. The molecule has 2 aromatic carbocycles. The van der Waals surface area contributed by atoms with Crippen LogP contribution < -0.4 is 5.32 Å². The van der Waals surface area contributed by atoms with Crippen molar-refractivity contribution in [3.05, 3.63) is 47.8 Å². The zero-order chi connectivity index (χ0) is 18.1. The monoisotopic (exact) mass is 356 g/mol. The number of benzene rings is 2. The Balaban J connectivity index is 1.56. The summed E-state index contributed by atoms with van der Waals surface area (Å²) >= 11 is 0. The number of oxazole rings is 2. The predicted octanol–water partition coefficient (Wildman–Crippen LogP) is 3.28. The summed E-state index contributed by atoms with van der Waals surface area (Å²) < 4.78 is 24.4. The molecule has 7 nitrogen and oxygen atoms in total. The number of hydrogen-bond donors (Lipinski definition) is 2. The molecular weight excluding hydrogens is 339 g/mol. The molecule has 2 N–H and O–H groups in total. The van der Waals surface area contributed by atoms with Crippen molar-refractivity contribution in [2.45, 2.75) is 6.54 Å². The molecule has 0 amide bonds. The summed E-state index contributed by atoms with van der Waals surface area (Å²) in [6.45, 7) is 1.41. The molecule has 8 heteroatoms. The second kappa shape index (κ2) is 6.74. The zero-order valence-corrected chi connectivity index (χ0v) is 14.1. The van der Waals surface area contributed by atoms with Gasteiger partial charge in [0, 0.05) is 19.2 Å². The Hall–Kier alpha value is -2.97. The Morgan fingerprint density at radius 1 is 1.04 bits per heavy atom. The SMILES string of the molecule is CN(CCO)Cc1ccc2oc(Nc3nc4cc(F)ccc4o3)nc2c1. The molecule has 134 valence electrons. The van der Waals surface area contributed by atoms with Crippen LogP contribution in [0.4, 0.5) is 16.4 Å². The number of hydrogen-bond acceptors (Lipinski definition) is 7. The fraction of sp³-hybridized carbons (Fsp3) is 0.222. The molecule has 0 radical (unpaired) electrons. The van der Waals surface area contributed by atoms with E-state index >= 15 is 0 Å². The number of anilines is 2. The van der Waals surface area contributed by atoms with Crippen LogP contribution >= 0.6 is 0 Å². The van der Waals surface area contributed by atoms with Crippen LogP contribution in [0.1, 0.15) is 5.56 Å². The van der Waals surface area contributed by atoms with E-state index in [1.807, 2.05) is 30.1 Å². The summed E-state index contributed by atoms with van der Waals surface area (Å²) in [5, 5.41) is 11.8. The Morgan fingerprint density at radius 3 is 2.38 bits per heavy atom. The molecule has 0 aliphatic rings. The van der Waals surface area contributed by atoms with Gasteiger partial charge < -0.3 is 13.9 Å². The van der Waals surface area contributed by atoms with Crippen LogP contribution in [-0.4, -0.2) is 40.2 Å². The van der Waals surface area contributed by atoms with Crippen molar-refractivity contribution in [1.29, 1.82) is 0 Å². The summed E-state index contributed by atoms with van der Waals surface area (Å²) in [6, 6.07) is 10.3. The number of nitrogens with zero attached hydrogens (tertiary/aromatic N) is 3. The van der Waals surface area contributed by atoms with Crippen molar-refractivity contribution < 1.29 is 18.3 Å². The Morgan fingerprint density at radius 2 is 1.69 bits per heavy atom. The van der Waals surface area contributed by atoms with Crippen LogP contribution in [0.25, 0.3) is 22.2 Å². The fourth-order valence-electron chi connectivity index (χ4n) is 2.73. The first-order valence-electron chi connectivity index (χ1n) is 8.13. The molecule has 0 aliphatic heterocycles. The lowest BCUT2D eigenvalue weighted by Crippen LogP contribution is -2.21. The van der Waals surface area contributed by atoms with Crippen LogP contribution in [0, 0.1) is 5.82 Å². The molecule has 0 aliphatic carbocycles. The molecule has 26 heavy (non-hydrogen) atoms. The summed E-state index contributed by atoms with van der Waals surface area (Å²) in [5.74, 6) is -0.377. The fourth-order valence-corrected chi connectivity index (χ4v) is 2.73. The Labute approximate surface area is 148 Å². The lowest BCUT2D eigenvalue weighted by Gasteiger charge is -2.14. The molecular formula is C18H17FN4O3. The van der Waals surface area contributed by atoms with E-state index in [9.17, 15) is 4.39 Å². The smallest absolute Gasteiger partial charge is 0.303 e. The molecule has 2 heterocycles. The van der Waals surface area contributed by atoms with Gasteiger partial charge in [0.1, 0.15) is 16.9 Å². The minimum Gasteiger partial charge on any atom is -0.423 e. The van der Waals surface area contributed by atoms with Gasteiger partial charge in [-0.05, 0) is 36.9 Å². The van der Waals surface area contributed by atoms with Gasteiger partial charge in [-0.25, -0.2) is 4.39 Å². The van der Waals surface area contributed by atoms with Crippen LogP contribution in [0.3, 0.4) is 0 Å². The van der Waals surface area contributed by atoms with Crippen LogP contribution in [-0.2, 0) is 6.54 Å². The topological polar surface area (TPSA) is 87.6 Å². The van der Waals surface area contributed by atoms with Gasteiger partial charge in [0.25, 0.3) is 0 Å². The maximum atomic E-state index is 13.2. The molecule has 0 atom stereocenters. The van der Waals surface area contributed by atoms with E-state index in [-0.39, 0.29) is 24.5 Å². The Kier molecular flexibility index (Phi) is 4.27. The number of likely N-dealkylation sites (N-methyl/N-ethyl adjacent to an activating group) is 1. The third kappa shape index (κ3) is 3.37. The van der Waals surface area contributed by atoms with E-state index in [2.05, 4.69) is 15.3 Å². The highest BCUT2D eigenvalue weighted by Crippen LogP contribution is 2.25. The van der Waals surface area contributed by atoms with E-state index < -0.39 is 0 Å². The van der Waals surface area contributed by atoms with Gasteiger partial charge in [-0.1, -0.05) is 6.07 Å². The van der Waals surface area contributed by atoms with Crippen LogP contribution in [0.15, 0.2) is 45.2 Å². The van der Waals surface area contributed by atoms with Crippen molar-refractivity contribution in [2.24, 2.45) is 0 Å². The van der Waals surface area contributed by atoms with Crippen molar-refractivity contribution in [2.75, 3.05) is 25.5 Å². The van der Waals surface area contributed by atoms with Crippen molar-refractivity contribution in [3.8, 4) is 0 Å². The van der Waals surface area contributed by atoms with Gasteiger partial charge in [-0.3, -0.25) is 10.2 Å². The molecule has 0 bridgehead atoms. The summed E-state index contributed by atoms with van der Waals surface area (Å²) in [6.07, 6.45) is 0. The number of fused-ring (bicyclic) bond motifs is 2. The average molecular weight is 356 g/mol.